The lowest BCUT2D eigenvalue weighted by Gasteiger charge is -2.31. The van der Waals surface area contributed by atoms with Crippen LogP contribution < -0.4 is 9.64 Å². The summed E-state index contributed by atoms with van der Waals surface area (Å²) >= 11 is 0. The van der Waals surface area contributed by atoms with E-state index in [1.807, 2.05) is 30.3 Å². The highest BCUT2D eigenvalue weighted by Crippen LogP contribution is 2.32. The Morgan fingerprint density at radius 3 is 2.63 bits per heavy atom. The molecule has 0 amide bonds. The van der Waals surface area contributed by atoms with Crippen molar-refractivity contribution >= 4 is 29.1 Å². The summed E-state index contributed by atoms with van der Waals surface area (Å²) in [7, 11) is 1.68. The fraction of sp³-hybridized carbons (Fsp3) is 0.273. The second-order valence-electron chi connectivity index (χ2n) is 7.13. The molecule has 1 aliphatic rings. The number of anilines is 1. The number of pyridine rings is 2. The number of nitrogens with zero attached hydrogens (tertiary/aromatic N) is 5. The van der Waals surface area contributed by atoms with Crippen molar-refractivity contribution in [3.63, 3.8) is 0 Å². The van der Waals surface area contributed by atoms with Crippen LogP contribution >= 0.6 is 12.4 Å². The molecule has 0 radical (unpaired) electrons. The van der Waals surface area contributed by atoms with Gasteiger partial charge in [-0.05, 0) is 43.2 Å². The van der Waals surface area contributed by atoms with E-state index in [1.165, 1.54) is 0 Å². The van der Waals surface area contributed by atoms with Gasteiger partial charge in [-0.1, -0.05) is 23.4 Å². The molecule has 0 unspecified atom stereocenters. The topological polar surface area (TPSA) is 77.2 Å². The summed E-state index contributed by atoms with van der Waals surface area (Å²) in [5, 5.41) is 5.18. The molecule has 3 aromatic heterocycles. The second kappa shape index (κ2) is 8.67. The van der Waals surface area contributed by atoms with Crippen LogP contribution in [0.1, 0.15) is 24.7 Å². The first kappa shape index (κ1) is 20.1. The Kier molecular flexibility index (Phi) is 5.81. The van der Waals surface area contributed by atoms with E-state index in [9.17, 15) is 0 Å². The molecule has 30 heavy (non-hydrogen) atoms. The minimum absolute atomic E-state index is 0. The molecule has 5 rings (SSSR count). The monoisotopic (exact) mass is 423 g/mol. The fourth-order valence-electron chi connectivity index (χ4n) is 3.81. The maximum atomic E-state index is 5.54. The first-order valence-corrected chi connectivity index (χ1v) is 9.75. The van der Waals surface area contributed by atoms with E-state index >= 15 is 0 Å². The lowest BCUT2D eigenvalue weighted by atomic mass is 9.96. The molecule has 1 fully saturated rings. The van der Waals surface area contributed by atoms with Gasteiger partial charge < -0.3 is 14.2 Å². The predicted molar refractivity (Wildman–Crippen MR) is 117 cm³/mol. The van der Waals surface area contributed by atoms with Crippen LogP contribution in [0.3, 0.4) is 0 Å². The summed E-state index contributed by atoms with van der Waals surface area (Å²) in [5.41, 5.74) is 1.63. The van der Waals surface area contributed by atoms with Gasteiger partial charge in [0.1, 0.15) is 22.8 Å². The average Bonchev–Trinajstić information content (AvgIpc) is 3.29. The quantitative estimate of drug-likeness (QED) is 0.478. The molecule has 1 aliphatic heterocycles. The largest absolute Gasteiger partial charge is 0.494 e. The van der Waals surface area contributed by atoms with Crippen LogP contribution in [-0.2, 0) is 0 Å². The number of methoxy groups -OCH3 is 1. The standard InChI is InChI=1S/C22H21N5O2.ClH/c1-28-18-7-4-5-15-8-9-19(24-20(15)18)27-13-10-16(11-14-27)22-25-21(26-29-22)17-6-2-3-12-23-17;/h2-9,12,16H,10-11,13-14H2,1H3;1H. The molecule has 0 atom stereocenters. The lowest BCUT2D eigenvalue weighted by Crippen LogP contribution is -2.33. The summed E-state index contributed by atoms with van der Waals surface area (Å²) in [6.07, 6.45) is 3.61. The molecule has 154 valence electrons. The zero-order valence-corrected chi connectivity index (χ0v) is 17.4. The van der Waals surface area contributed by atoms with E-state index in [0.717, 1.165) is 54.1 Å². The Hall–Kier alpha value is -3.19. The number of hydrogen-bond acceptors (Lipinski definition) is 7. The Morgan fingerprint density at radius 1 is 1.00 bits per heavy atom. The number of para-hydroxylation sites is 1. The van der Waals surface area contributed by atoms with Gasteiger partial charge in [0.05, 0.1) is 7.11 Å². The van der Waals surface area contributed by atoms with Gasteiger partial charge in [-0.25, -0.2) is 4.98 Å². The van der Waals surface area contributed by atoms with E-state index < -0.39 is 0 Å². The first-order valence-electron chi connectivity index (χ1n) is 9.75. The maximum Gasteiger partial charge on any atom is 0.230 e. The molecule has 0 saturated carbocycles. The van der Waals surface area contributed by atoms with Gasteiger partial charge in [-0.3, -0.25) is 4.98 Å². The number of fused-ring (bicyclic) bond motifs is 1. The molecule has 8 heteroatoms. The Morgan fingerprint density at radius 2 is 1.87 bits per heavy atom. The van der Waals surface area contributed by atoms with Gasteiger partial charge in [0.15, 0.2) is 0 Å². The Bertz CT molecular complexity index is 1130. The zero-order valence-electron chi connectivity index (χ0n) is 16.6. The summed E-state index contributed by atoms with van der Waals surface area (Å²) < 4.78 is 11.0. The molecule has 0 spiro atoms. The summed E-state index contributed by atoms with van der Waals surface area (Å²) in [4.78, 5) is 16.0. The maximum absolute atomic E-state index is 5.54. The highest BCUT2D eigenvalue weighted by atomic mass is 35.5. The number of hydrogen-bond donors (Lipinski definition) is 0. The number of rotatable bonds is 4. The molecule has 0 aliphatic carbocycles. The van der Waals surface area contributed by atoms with E-state index in [4.69, 9.17) is 14.2 Å². The van der Waals surface area contributed by atoms with Gasteiger partial charge in [0, 0.05) is 30.6 Å². The highest BCUT2D eigenvalue weighted by Gasteiger charge is 2.26. The number of piperidine rings is 1. The zero-order chi connectivity index (χ0) is 19.6. The van der Waals surface area contributed by atoms with Crippen molar-refractivity contribution < 1.29 is 9.26 Å². The van der Waals surface area contributed by atoms with Crippen molar-refractivity contribution in [1.82, 2.24) is 20.1 Å². The molecule has 1 aromatic carbocycles. The minimum Gasteiger partial charge on any atom is -0.494 e. The second-order valence-corrected chi connectivity index (χ2v) is 7.13. The molecule has 0 N–H and O–H groups in total. The normalized spacial score (nSPS) is 14.5. The molecule has 0 bridgehead atoms. The summed E-state index contributed by atoms with van der Waals surface area (Å²) in [5.74, 6) is 3.27. The number of benzene rings is 1. The molecule has 7 nitrogen and oxygen atoms in total. The van der Waals surface area contributed by atoms with Crippen LogP contribution in [0.4, 0.5) is 5.82 Å². The SMILES string of the molecule is COc1cccc2ccc(N3CCC(c4nc(-c5ccccn5)no4)CC3)nc12.Cl. The lowest BCUT2D eigenvalue weighted by molar-refractivity contribution is 0.329. The number of aromatic nitrogens is 4. The van der Waals surface area contributed by atoms with Gasteiger partial charge in [-0.2, -0.15) is 4.98 Å². The van der Waals surface area contributed by atoms with Crippen molar-refractivity contribution in [1.29, 1.82) is 0 Å². The molecular weight excluding hydrogens is 402 g/mol. The van der Waals surface area contributed by atoms with Gasteiger partial charge in [0.25, 0.3) is 0 Å². The third kappa shape index (κ3) is 3.80. The van der Waals surface area contributed by atoms with Crippen LogP contribution in [0.15, 0.2) is 59.3 Å². The Balaban J connectivity index is 0.00000218. The minimum atomic E-state index is 0. The third-order valence-corrected chi connectivity index (χ3v) is 5.39. The van der Waals surface area contributed by atoms with Gasteiger partial charge in [-0.15, -0.1) is 12.4 Å². The number of ether oxygens (including phenoxy) is 1. The molecule has 4 heterocycles. The average molecular weight is 424 g/mol. The van der Waals surface area contributed by atoms with Crippen molar-refractivity contribution in [2.45, 2.75) is 18.8 Å². The Labute approximate surface area is 180 Å². The van der Waals surface area contributed by atoms with Crippen molar-refractivity contribution in [3.8, 4) is 17.3 Å². The smallest absolute Gasteiger partial charge is 0.230 e. The third-order valence-electron chi connectivity index (χ3n) is 5.39. The van der Waals surface area contributed by atoms with Crippen molar-refractivity contribution in [3.05, 3.63) is 60.6 Å². The van der Waals surface area contributed by atoms with Crippen LogP contribution in [0.2, 0.25) is 0 Å². The summed E-state index contributed by atoms with van der Waals surface area (Å²) in [6, 6.07) is 15.8. The van der Waals surface area contributed by atoms with E-state index in [1.54, 1.807) is 13.3 Å². The van der Waals surface area contributed by atoms with Gasteiger partial charge >= 0.3 is 0 Å². The fourth-order valence-corrected chi connectivity index (χ4v) is 3.81. The van der Waals surface area contributed by atoms with Crippen LogP contribution in [0.25, 0.3) is 22.4 Å². The highest BCUT2D eigenvalue weighted by molar-refractivity contribution is 5.86. The van der Waals surface area contributed by atoms with Crippen LogP contribution in [0.5, 0.6) is 5.75 Å². The van der Waals surface area contributed by atoms with Crippen LogP contribution in [-0.4, -0.2) is 40.3 Å². The van der Waals surface area contributed by atoms with E-state index in [2.05, 4.69) is 38.2 Å². The van der Waals surface area contributed by atoms with Gasteiger partial charge in [0.2, 0.25) is 11.7 Å². The van der Waals surface area contributed by atoms with E-state index in [0.29, 0.717) is 11.7 Å². The molecule has 1 saturated heterocycles. The van der Waals surface area contributed by atoms with Crippen molar-refractivity contribution in [2.24, 2.45) is 0 Å². The molecule has 4 aromatic rings. The predicted octanol–water partition coefficient (Wildman–Crippen LogP) is 4.49. The number of halogens is 1. The summed E-state index contributed by atoms with van der Waals surface area (Å²) in [6.45, 7) is 1.78. The van der Waals surface area contributed by atoms with Crippen molar-refractivity contribution in [2.75, 3.05) is 25.1 Å². The molecular formula is C22H22ClN5O2. The van der Waals surface area contributed by atoms with Crippen LogP contribution in [0, 0.1) is 0 Å². The first-order chi connectivity index (χ1) is 14.3. The van der Waals surface area contributed by atoms with E-state index in [-0.39, 0.29) is 18.3 Å².